The van der Waals surface area contributed by atoms with Crippen LogP contribution in [0.15, 0.2) is 47.3 Å². The van der Waals surface area contributed by atoms with Gasteiger partial charge in [0.05, 0.1) is 19.3 Å². The first-order valence-corrected chi connectivity index (χ1v) is 7.34. The molecular weight excluding hydrogens is 280 g/mol. The van der Waals surface area contributed by atoms with E-state index in [9.17, 15) is 9.59 Å². The van der Waals surface area contributed by atoms with Crippen molar-refractivity contribution in [1.82, 2.24) is 9.88 Å². The Hall–Kier alpha value is -2.40. The SMILES string of the molecule is C[C@H]1COCCN1C(=O)c1ccc(-c2ccccc2)[nH]c1=O. The van der Waals surface area contributed by atoms with E-state index in [1.807, 2.05) is 37.3 Å². The lowest BCUT2D eigenvalue weighted by atomic mass is 10.1. The summed E-state index contributed by atoms with van der Waals surface area (Å²) in [5.74, 6) is -0.239. The first-order chi connectivity index (χ1) is 10.7. The van der Waals surface area contributed by atoms with Gasteiger partial charge in [0, 0.05) is 12.2 Å². The maximum atomic E-state index is 12.5. The van der Waals surface area contributed by atoms with Crippen LogP contribution < -0.4 is 5.56 Å². The van der Waals surface area contributed by atoms with Crippen molar-refractivity contribution >= 4 is 5.91 Å². The van der Waals surface area contributed by atoms with Crippen LogP contribution in [0.5, 0.6) is 0 Å². The molecule has 0 aliphatic carbocycles. The highest BCUT2D eigenvalue weighted by Gasteiger charge is 2.26. The molecule has 5 heteroatoms. The molecule has 0 radical (unpaired) electrons. The van der Waals surface area contributed by atoms with E-state index >= 15 is 0 Å². The second-order valence-corrected chi connectivity index (χ2v) is 5.40. The largest absolute Gasteiger partial charge is 0.377 e. The van der Waals surface area contributed by atoms with Crippen LogP contribution in [0.1, 0.15) is 17.3 Å². The van der Waals surface area contributed by atoms with Gasteiger partial charge in [0.2, 0.25) is 0 Å². The van der Waals surface area contributed by atoms with Crippen LogP contribution in [0.25, 0.3) is 11.3 Å². The number of pyridine rings is 1. The summed E-state index contributed by atoms with van der Waals surface area (Å²) in [7, 11) is 0. The van der Waals surface area contributed by atoms with Gasteiger partial charge in [-0.05, 0) is 24.6 Å². The number of carbonyl (C=O) groups excluding carboxylic acids is 1. The van der Waals surface area contributed by atoms with E-state index in [1.54, 1.807) is 17.0 Å². The third-order valence-electron chi connectivity index (χ3n) is 3.85. The third kappa shape index (κ3) is 2.80. The molecule has 1 amide bonds. The van der Waals surface area contributed by atoms with Crippen molar-refractivity contribution in [1.29, 1.82) is 0 Å². The van der Waals surface area contributed by atoms with Gasteiger partial charge in [-0.25, -0.2) is 0 Å². The summed E-state index contributed by atoms with van der Waals surface area (Å²) < 4.78 is 5.33. The maximum Gasteiger partial charge on any atom is 0.261 e. The lowest BCUT2D eigenvalue weighted by molar-refractivity contribution is 0.00349. The number of amides is 1. The van der Waals surface area contributed by atoms with Gasteiger partial charge in [0.25, 0.3) is 11.5 Å². The number of aromatic nitrogens is 1. The molecule has 0 spiro atoms. The van der Waals surface area contributed by atoms with Crippen LogP contribution in [-0.4, -0.2) is 41.6 Å². The summed E-state index contributed by atoms with van der Waals surface area (Å²) in [5, 5.41) is 0. The van der Waals surface area contributed by atoms with E-state index in [0.29, 0.717) is 25.5 Å². The number of aromatic amines is 1. The first-order valence-electron chi connectivity index (χ1n) is 7.34. The fourth-order valence-electron chi connectivity index (χ4n) is 2.61. The van der Waals surface area contributed by atoms with Crippen LogP contribution in [0.4, 0.5) is 0 Å². The summed E-state index contributed by atoms with van der Waals surface area (Å²) >= 11 is 0. The van der Waals surface area contributed by atoms with Gasteiger partial charge in [-0.3, -0.25) is 9.59 Å². The van der Waals surface area contributed by atoms with Crippen LogP contribution in [0, 0.1) is 0 Å². The summed E-state index contributed by atoms with van der Waals surface area (Å²) in [4.78, 5) is 29.3. The number of benzene rings is 1. The normalized spacial score (nSPS) is 18.2. The fourth-order valence-corrected chi connectivity index (χ4v) is 2.61. The maximum absolute atomic E-state index is 12.5. The predicted molar refractivity (Wildman–Crippen MR) is 83.8 cm³/mol. The minimum Gasteiger partial charge on any atom is -0.377 e. The zero-order valence-corrected chi connectivity index (χ0v) is 12.4. The Morgan fingerprint density at radius 1 is 1.23 bits per heavy atom. The number of rotatable bonds is 2. The number of H-pyrrole nitrogens is 1. The summed E-state index contributed by atoms with van der Waals surface area (Å²) in [6.07, 6.45) is 0. The Morgan fingerprint density at radius 2 is 2.00 bits per heavy atom. The molecule has 1 aliphatic rings. The molecule has 0 unspecified atom stereocenters. The van der Waals surface area contributed by atoms with E-state index in [2.05, 4.69) is 4.98 Å². The van der Waals surface area contributed by atoms with Crippen molar-refractivity contribution in [2.24, 2.45) is 0 Å². The molecule has 0 bridgehead atoms. The molecule has 5 nitrogen and oxygen atoms in total. The molecule has 22 heavy (non-hydrogen) atoms. The number of ether oxygens (including phenoxy) is 1. The fraction of sp³-hybridized carbons (Fsp3) is 0.294. The molecule has 3 rings (SSSR count). The number of hydrogen-bond acceptors (Lipinski definition) is 3. The van der Waals surface area contributed by atoms with Gasteiger partial charge in [0.15, 0.2) is 0 Å². The number of nitrogens with zero attached hydrogens (tertiary/aromatic N) is 1. The average Bonchev–Trinajstić information content (AvgIpc) is 2.55. The third-order valence-corrected chi connectivity index (χ3v) is 3.85. The van der Waals surface area contributed by atoms with Crippen LogP contribution in [0.3, 0.4) is 0 Å². The zero-order valence-electron chi connectivity index (χ0n) is 12.4. The second-order valence-electron chi connectivity index (χ2n) is 5.40. The molecule has 1 saturated heterocycles. The van der Waals surface area contributed by atoms with E-state index in [1.165, 1.54) is 0 Å². The highest BCUT2D eigenvalue weighted by atomic mass is 16.5. The Kier molecular flexibility index (Phi) is 4.06. The van der Waals surface area contributed by atoms with Crippen molar-refractivity contribution in [3.05, 3.63) is 58.4 Å². The van der Waals surface area contributed by atoms with Crippen molar-refractivity contribution in [3.63, 3.8) is 0 Å². The molecule has 1 fully saturated rings. The standard InChI is InChI=1S/C17H18N2O3/c1-12-11-22-10-9-19(12)17(21)14-7-8-15(18-16(14)20)13-5-3-2-4-6-13/h2-8,12H,9-11H2,1H3,(H,18,20)/t12-/m0/s1. The number of nitrogens with one attached hydrogen (secondary N) is 1. The van der Waals surface area contributed by atoms with Crippen LogP contribution in [0.2, 0.25) is 0 Å². The van der Waals surface area contributed by atoms with Crippen molar-refractivity contribution < 1.29 is 9.53 Å². The van der Waals surface area contributed by atoms with Gasteiger partial charge in [-0.1, -0.05) is 30.3 Å². The molecule has 1 N–H and O–H groups in total. The van der Waals surface area contributed by atoms with Crippen molar-refractivity contribution in [2.75, 3.05) is 19.8 Å². The number of morpholine rings is 1. The molecular formula is C17H18N2O3. The molecule has 1 atom stereocenters. The highest BCUT2D eigenvalue weighted by molar-refractivity contribution is 5.94. The quantitative estimate of drug-likeness (QED) is 0.921. The van der Waals surface area contributed by atoms with Gasteiger partial charge in [-0.2, -0.15) is 0 Å². The molecule has 0 saturated carbocycles. The molecule has 114 valence electrons. The predicted octanol–water partition coefficient (Wildman–Crippen LogP) is 1.90. The van der Waals surface area contributed by atoms with Gasteiger partial charge >= 0.3 is 0 Å². The minimum absolute atomic E-state index is 0.0190. The number of hydrogen-bond donors (Lipinski definition) is 1. The molecule has 2 heterocycles. The smallest absolute Gasteiger partial charge is 0.261 e. The van der Waals surface area contributed by atoms with E-state index in [-0.39, 0.29) is 23.1 Å². The van der Waals surface area contributed by atoms with Gasteiger partial charge < -0.3 is 14.6 Å². The zero-order chi connectivity index (χ0) is 15.5. The van der Waals surface area contributed by atoms with Crippen molar-refractivity contribution in [3.8, 4) is 11.3 Å². The average molecular weight is 298 g/mol. The Labute approximate surface area is 128 Å². The lowest BCUT2D eigenvalue weighted by Gasteiger charge is -2.33. The summed E-state index contributed by atoms with van der Waals surface area (Å²) in [5.41, 5.74) is 1.44. The molecule has 1 aliphatic heterocycles. The lowest BCUT2D eigenvalue weighted by Crippen LogP contribution is -2.48. The summed E-state index contributed by atoms with van der Waals surface area (Å²) in [6.45, 7) is 3.45. The molecule has 2 aromatic rings. The Balaban J connectivity index is 1.89. The molecule has 1 aromatic carbocycles. The second kappa shape index (κ2) is 6.15. The Morgan fingerprint density at radius 3 is 2.68 bits per heavy atom. The monoisotopic (exact) mass is 298 g/mol. The van der Waals surface area contributed by atoms with Gasteiger partial charge in [0.1, 0.15) is 5.56 Å². The van der Waals surface area contributed by atoms with Crippen LogP contribution >= 0.6 is 0 Å². The van der Waals surface area contributed by atoms with Crippen molar-refractivity contribution in [2.45, 2.75) is 13.0 Å². The topological polar surface area (TPSA) is 62.4 Å². The van der Waals surface area contributed by atoms with E-state index in [0.717, 1.165) is 5.56 Å². The summed E-state index contributed by atoms with van der Waals surface area (Å²) in [6, 6.07) is 12.9. The van der Waals surface area contributed by atoms with Gasteiger partial charge in [-0.15, -0.1) is 0 Å². The highest BCUT2D eigenvalue weighted by Crippen LogP contribution is 2.16. The van der Waals surface area contributed by atoms with Crippen LogP contribution in [-0.2, 0) is 4.74 Å². The molecule has 1 aromatic heterocycles. The number of carbonyl (C=O) groups is 1. The minimum atomic E-state index is -0.356. The van der Waals surface area contributed by atoms with E-state index < -0.39 is 0 Å². The Bertz CT molecular complexity index is 724. The first kappa shape index (κ1) is 14.5. The van der Waals surface area contributed by atoms with E-state index in [4.69, 9.17) is 4.74 Å².